The largest absolute Gasteiger partial charge is 0.352 e. The monoisotopic (exact) mass is 397 g/mol. The predicted octanol–water partition coefficient (Wildman–Crippen LogP) is 3.17. The summed E-state index contributed by atoms with van der Waals surface area (Å²) in [6.07, 6.45) is 2.04. The summed E-state index contributed by atoms with van der Waals surface area (Å²) in [4.78, 5) is 25.2. The fourth-order valence-electron chi connectivity index (χ4n) is 3.51. The number of amides is 1. The van der Waals surface area contributed by atoms with Crippen molar-refractivity contribution in [2.75, 3.05) is 13.1 Å². The van der Waals surface area contributed by atoms with Crippen LogP contribution in [0.25, 0.3) is 10.8 Å². The lowest BCUT2D eigenvalue weighted by molar-refractivity contribution is -0.0452. The van der Waals surface area contributed by atoms with Crippen molar-refractivity contribution in [1.82, 2.24) is 9.88 Å². The molecule has 0 atom stereocenters. The van der Waals surface area contributed by atoms with Crippen LogP contribution in [-0.4, -0.2) is 29.5 Å². The molecule has 1 aromatic carbocycles. The zero-order chi connectivity index (χ0) is 19.6. The third-order valence-corrected chi connectivity index (χ3v) is 5.41. The van der Waals surface area contributed by atoms with E-state index in [9.17, 15) is 18.4 Å². The van der Waals surface area contributed by atoms with Gasteiger partial charge in [-0.25, -0.2) is 8.78 Å². The Hall–Kier alpha value is -1.99. The third kappa shape index (κ3) is 4.30. The maximum atomic E-state index is 13.3. The number of aromatic nitrogens is 1. The van der Waals surface area contributed by atoms with Gasteiger partial charge < -0.3 is 15.6 Å². The number of nitrogens with zero attached hydrogens (tertiary/aromatic N) is 1. The Balaban J connectivity index is 1.81. The molecule has 1 heterocycles. The molecule has 0 unspecified atom stereocenters. The lowest BCUT2D eigenvalue weighted by atomic mass is 9.87. The maximum Gasteiger partial charge on any atom is 0.258 e. The van der Waals surface area contributed by atoms with Crippen molar-refractivity contribution in [1.29, 1.82) is 0 Å². The van der Waals surface area contributed by atoms with E-state index in [0.717, 1.165) is 0 Å². The van der Waals surface area contributed by atoms with E-state index < -0.39 is 11.8 Å². The zero-order valence-corrected chi connectivity index (χ0v) is 15.6. The number of hydrogen-bond acceptors (Lipinski definition) is 3. The normalized spacial score (nSPS) is 17.2. The first kappa shape index (κ1) is 19.8. The van der Waals surface area contributed by atoms with Gasteiger partial charge in [0.15, 0.2) is 0 Å². The molecule has 1 amide bonds. The molecule has 1 fully saturated rings. The summed E-state index contributed by atoms with van der Waals surface area (Å²) in [6.45, 7) is 1.02. The minimum atomic E-state index is -2.59. The number of nitrogens with one attached hydrogen (secondary N) is 1. The fourth-order valence-corrected chi connectivity index (χ4v) is 3.77. The summed E-state index contributed by atoms with van der Waals surface area (Å²) in [5.41, 5.74) is 5.50. The molecule has 0 spiro atoms. The molecule has 0 radical (unpaired) electrons. The van der Waals surface area contributed by atoms with Gasteiger partial charge in [0.2, 0.25) is 5.92 Å². The van der Waals surface area contributed by atoms with Gasteiger partial charge in [0.05, 0.1) is 10.6 Å². The van der Waals surface area contributed by atoms with E-state index >= 15 is 0 Å². The van der Waals surface area contributed by atoms with Gasteiger partial charge in [0.1, 0.15) is 0 Å². The van der Waals surface area contributed by atoms with Gasteiger partial charge in [-0.3, -0.25) is 9.59 Å². The Kier molecular flexibility index (Phi) is 5.81. The average Bonchev–Trinajstić information content (AvgIpc) is 2.63. The van der Waals surface area contributed by atoms with Crippen molar-refractivity contribution in [2.24, 2.45) is 11.7 Å². The smallest absolute Gasteiger partial charge is 0.258 e. The third-order valence-electron chi connectivity index (χ3n) is 5.09. The zero-order valence-electron chi connectivity index (χ0n) is 14.8. The highest BCUT2D eigenvalue weighted by molar-refractivity contribution is 6.35. The van der Waals surface area contributed by atoms with Gasteiger partial charge in [-0.1, -0.05) is 11.6 Å². The van der Waals surface area contributed by atoms with Crippen LogP contribution in [0.4, 0.5) is 8.78 Å². The fraction of sp³-hybridized carbons (Fsp3) is 0.474. The van der Waals surface area contributed by atoms with E-state index in [1.54, 1.807) is 18.3 Å². The molecule has 0 bridgehead atoms. The van der Waals surface area contributed by atoms with E-state index in [1.807, 2.05) is 0 Å². The summed E-state index contributed by atoms with van der Waals surface area (Å²) in [6, 6.07) is 4.79. The van der Waals surface area contributed by atoms with Crippen LogP contribution in [0.15, 0.2) is 29.2 Å². The molecular weight excluding hydrogens is 376 g/mol. The predicted molar refractivity (Wildman–Crippen MR) is 102 cm³/mol. The van der Waals surface area contributed by atoms with Gasteiger partial charge in [0.25, 0.3) is 11.5 Å². The van der Waals surface area contributed by atoms with Crippen molar-refractivity contribution in [2.45, 2.75) is 38.2 Å². The molecular formula is C19H22ClF2N3O2. The summed E-state index contributed by atoms with van der Waals surface area (Å²) < 4.78 is 28.0. The van der Waals surface area contributed by atoms with E-state index in [2.05, 4.69) is 5.32 Å². The number of pyridine rings is 1. The van der Waals surface area contributed by atoms with Crippen molar-refractivity contribution in [3.63, 3.8) is 0 Å². The first-order valence-electron chi connectivity index (χ1n) is 9.00. The standard InChI is InChI=1S/C19H22ClF2N3O2/c20-15-2-1-14-13(5-9-25(10-8-23)18(14)27)16(15)17(26)24-11-12-3-6-19(21,22)7-4-12/h1-2,5,9,12H,3-4,6-8,10-11,23H2,(H,24,26). The lowest BCUT2D eigenvalue weighted by Gasteiger charge is -2.28. The van der Waals surface area contributed by atoms with Crippen molar-refractivity contribution in [3.05, 3.63) is 45.3 Å². The van der Waals surface area contributed by atoms with Gasteiger partial charge in [-0.15, -0.1) is 0 Å². The average molecular weight is 398 g/mol. The lowest BCUT2D eigenvalue weighted by Crippen LogP contribution is -2.34. The first-order chi connectivity index (χ1) is 12.8. The number of fused-ring (bicyclic) bond motifs is 1. The van der Waals surface area contributed by atoms with Gasteiger partial charge >= 0.3 is 0 Å². The maximum absolute atomic E-state index is 13.3. The molecule has 3 rings (SSSR count). The Morgan fingerprint density at radius 3 is 2.63 bits per heavy atom. The number of carbonyl (C=O) groups is 1. The van der Waals surface area contributed by atoms with E-state index in [0.29, 0.717) is 43.2 Å². The molecule has 1 aliphatic rings. The summed E-state index contributed by atoms with van der Waals surface area (Å²) in [7, 11) is 0. The summed E-state index contributed by atoms with van der Waals surface area (Å²) >= 11 is 6.22. The SMILES string of the molecule is NCCn1ccc2c(C(=O)NCC3CCC(F)(F)CC3)c(Cl)ccc2c1=O. The second-order valence-corrected chi connectivity index (χ2v) is 7.40. The topological polar surface area (TPSA) is 77.1 Å². The van der Waals surface area contributed by atoms with Gasteiger partial charge in [-0.2, -0.15) is 0 Å². The number of hydrogen-bond donors (Lipinski definition) is 2. The van der Waals surface area contributed by atoms with Crippen LogP contribution in [0.5, 0.6) is 0 Å². The number of alkyl halides is 2. The quantitative estimate of drug-likeness (QED) is 0.813. The Labute approximate surface area is 160 Å². The van der Waals surface area contributed by atoms with Gasteiger partial charge in [0, 0.05) is 49.4 Å². The Morgan fingerprint density at radius 2 is 1.96 bits per heavy atom. The molecule has 1 aliphatic carbocycles. The summed E-state index contributed by atoms with van der Waals surface area (Å²) in [5, 5.41) is 3.89. The number of halogens is 3. The Bertz CT molecular complexity index is 904. The second-order valence-electron chi connectivity index (χ2n) is 7.00. The van der Waals surface area contributed by atoms with Crippen LogP contribution in [0.2, 0.25) is 5.02 Å². The molecule has 27 heavy (non-hydrogen) atoms. The molecule has 1 saturated carbocycles. The Morgan fingerprint density at radius 1 is 1.26 bits per heavy atom. The van der Waals surface area contributed by atoms with Crippen LogP contribution < -0.4 is 16.6 Å². The van der Waals surface area contributed by atoms with Crippen LogP contribution in [0, 0.1) is 5.92 Å². The van der Waals surface area contributed by atoms with Crippen LogP contribution in [0.1, 0.15) is 36.0 Å². The van der Waals surface area contributed by atoms with Crippen LogP contribution >= 0.6 is 11.6 Å². The molecule has 3 N–H and O–H groups in total. The second kappa shape index (κ2) is 7.94. The molecule has 2 aromatic rings. The minimum absolute atomic E-state index is 0.0177. The molecule has 1 aromatic heterocycles. The van der Waals surface area contributed by atoms with Crippen molar-refractivity contribution in [3.8, 4) is 0 Å². The molecule has 5 nitrogen and oxygen atoms in total. The number of benzene rings is 1. The van der Waals surface area contributed by atoms with Gasteiger partial charge in [-0.05, 0) is 37.0 Å². The van der Waals surface area contributed by atoms with Crippen molar-refractivity contribution >= 4 is 28.3 Å². The van der Waals surface area contributed by atoms with E-state index in [1.165, 1.54) is 10.6 Å². The number of rotatable bonds is 5. The highest BCUT2D eigenvalue weighted by Crippen LogP contribution is 2.35. The number of carbonyl (C=O) groups excluding carboxylic acids is 1. The molecule has 8 heteroatoms. The summed E-state index contributed by atoms with van der Waals surface area (Å²) in [5.74, 6) is -2.98. The highest BCUT2D eigenvalue weighted by Gasteiger charge is 2.34. The van der Waals surface area contributed by atoms with Crippen LogP contribution in [0.3, 0.4) is 0 Å². The minimum Gasteiger partial charge on any atom is -0.352 e. The number of nitrogens with two attached hydrogens (primary N) is 1. The molecule has 0 saturated heterocycles. The first-order valence-corrected chi connectivity index (χ1v) is 9.38. The van der Waals surface area contributed by atoms with Crippen molar-refractivity contribution < 1.29 is 13.6 Å². The highest BCUT2D eigenvalue weighted by atomic mass is 35.5. The van der Waals surface area contributed by atoms with E-state index in [4.69, 9.17) is 17.3 Å². The van der Waals surface area contributed by atoms with Crippen LogP contribution in [-0.2, 0) is 6.54 Å². The molecule has 146 valence electrons. The molecule has 0 aliphatic heterocycles. The van der Waals surface area contributed by atoms with E-state index in [-0.39, 0.29) is 34.9 Å².